The van der Waals surface area contributed by atoms with Gasteiger partial charge in [-0.3, -0.25) is 0 Å². The minimum atomic E-state index is 0.610. The lowest BCUT2D eigenvalue weighted by atomic mass is 10.1. The molecule has 17 heavy (non-hydrogen) atoms. The van der Waals surface area contributed by atoms with Gasteiger partial charge in [-0.1, -0.05) is 0 Å². The van der Waals surface area contributed by atoms with Crippen molar-refractivity contribution in [1.82, 2.24) is 19.9 Å². The predicted molar refractivity (Wildman–Crippen MR) is 68.4 cm³/mol. The number of imidazole rings is 1. The van der Waals surface area contributed by atoms with Gasteiger partial charge in [-0.25, -0.2) is 9.97 Å². The maximum Gasteiger partial charge on any atom is 0.113 e. The summed E-state index contributed by atoms with van der Waals surface area (Å²) in [6.07, 6.45) is 5.13. The third-order valence-corrected chi connectivity index (χ3v) is 4.15. The number of nitrogens with zero attached hydrogens (tertiary/aromatic N) is 3. The lowest BCUT2D eigenvalue weighted by Crippen LogP contribution is -2.12. The van der Waals surface area contributed by atoms with Gasteiger partial charge in [-0.05, 0) is 19.9 Å². The fourth-order valence-electron chi connectivity index (χ4n) is 2.33. The Bertz CT molecular complexity index is 496. The summed E-state index contributed by atoms with van der Waals surface area (Å²) in [6.45, 7) is 5.08. The molecule has 1 unspecified atom stereocenters. The lowest BCUT2D eigenvalue weighted by Gasteiger charge is -2.11. The molecule has 90 valence electrons. The SMILES string of the molecule is Cc1csc(Cn2cncc2C2CCNC2)n1. The van der Waals surface area contributed by atoms with E-state index in [1.54, 1.807) is 11.3 Å². The van der Waals surface area contributed by atoms with Crippen molar-refractivity contribution in [3.05, 3.63) is 34.3 Å². The van der Waals surface area contributed by atoms with Gasteiger partial charge in [0.05, 0.1) is 12.9 Å². The molecule has 5 heteroatoms. The van der Waals surface area contributed by atoms with Gasteiger partial charge in [0.15, 0.2) is 0 Å². The molecular formula is C12H16N4S. The van der Waals surface area contributed by atoms with Crippen LogP contribution in [0.4, 0.5) is 0 Å². The summed E-state index contributed by atoms with van der Waals surface area (Å²) < 4.78 is 2.23. The normalized spacial score (nSPS) is 19.9. The van der Waals surface area contributed by atoms with Crippen molar-refractivity contribution < 1.29 is 0 Å². The summed E-state index contributed by atoms with van der Waals surface area (Å²) in [6, 6.07) is 0. The van der Waals surface area contributed by atoms with Crippen molar-refractivity contribution in [3.8, 4) is 0 Å². The highest BCUT2D eigenvalue weighted by Gasteiger charge is 2.20. The molecule has 0 radical (unpaired) electrons. The zero-order chi connectivity index (χ0) is 11.7. The van der Waals surface area contributed by atoms with E-state index in [-0.39, 0.29) is 0 Å². The number of thiazole rings is 1. The summed E-state index contributed by atoms with van der Waals surface area (Å²) in [5.41, 5.74) is 2.44. The molecule has 2 aromatic rings. The van der Waals surface area contributed by atoms with Gasteiger partial charge in [0.2, 0.25) is 0 Å². The molecule has 1 fully saturated rings. The topological polar surface area (TPSA) is 42.7 Å². The highest BCUT2D eigenvalue weighted by Crippen LogP contribution is 2.23. The van der Waals surface area contributed by atoms with E-state index in [9.17, 15) is 0 Å². The zero-order valence-electron chi connectivity index (χ0n) is 9.89. The second-order valence-electron chi connectivity index (χ2n) is 4.52. The number of rotatable bonds is 3. The van der Waals surface area contributed by atoms with E-state index >= 15 is 0 Å². The first kappa shape index (κ1) is 10.9. The van der Waals surface area contributed by atoms with Gasteiger partial charge >= 0.3 is 0 Å². The molecule has 0 aliphatic carbocycles. The molecule has 0 saturated carbocycles. The number of aryl methyl sites for hydroxylation is 1. The molecule has 0 aromatic carbocycles. The van der Waals surface area contributed by atoms with Gasteiger partial charge in [0, 0.05) is 35.4 Å². The zero-order valence-corrected chi connectivity index (χ0v) is 10.7. The molecule has 0 spiro atoms. The number of hydrogen-bond donors (Lipinski definition) is 1. The Morgan fingerprint density at radius 1 is 1.59 bits per heavy atom. The van der Waals surface area contributed by atoms with E-state index in [2.05, 4.69) is 25.2 Å². The third-order valence-electron chi connectivity index (χ3n) is 3.20. The van der Waals surface area contributed by atoms with Crippen LogP contribution in [0.5, 0.6) is 0 Å². The fourth-order valence-corrected chi connectivity index (χ4v) is 3.10. The third kappa shape index (κ3) is 2.25. The van der Waals surface area contributed by atoms with Crippen molar-refractivity contribution in [2.45, 2.75) is 25.8 Å². The highest BCUT2D eigenvalue weighted by atomic mass is 32.1. The highest BCUT2D eigenvalue weighted by molar-refractivity contribution is 7.09. The van der Waals surface area contributed by atoms with Crippen LogP contribution in [0.3, 0.4) is 0 Å². The number of aromatic nitrogens is 3. The monoisotopic (exact) mass is 248 g/mol. The second-order valence-corrected chi connectivity index (χ2v) is 5.46. The average molecular weight is 248 g/mol. The van der Waals surface area contributed by atoms with Crippen LogP contribution in [0, 0.1) is 6.92 Å². The largest absolute Gasteiger partial charge is 0.327 e. The van der Waals surface area contributed by atoms with Crippen molar-refractivity contribution in [2.24, 2.45) is 0 Å². The van der Waals surface area contributed by atoms with E-state index < -0.39 is 0 Å². The van der Waals surface area contributed by atoms with Crippen LogP contribution in [0.15, 0.2) is 17.9 Å². The Hall–Kier alpha value is -1.20. The Morgan fingerprint density at radius 2 is 2.53 bits per heavy atom. The molecule has 1 aliphatic rings. The molecule has 1 atom stereocenters. The fraction of sp³-hybridized carbons (Fsp3) is 0.500. The van der Waals surface area contributed by atoms with Crippen LogP contribution in [0.2, 0.25) is 0 Å². The maximum atomic E-state index is 4.51. The number of nitrogens with one attached hydrogen (secondary N) is 1. The summed E-state index contributed by atoms with van der Waals surface area (Å²) in [4.78, 5) is 8.79. The quantitative estimate of drug-likeness (QED) is 0.900. The second kappa shape index (κ2) is 4.58. The van der Waals surface area contributed by atoms with Gasteiger partial charge < -0.3 is 9.88 Å². The maximum absolute atomic E-state index is 4.51. The molecule has 4 nitrogen and oxygen atoms in total. The van der Waals surface area contributed by atoms with Crippen LogP contribution >= 0.6 is 11.3 Å². The molecule has 0 amide bonds. The van der Waals surface area contributed by atoms with Crippen molar-refractivity contribution >= 4 is 11.3 Å². The van der Waals surface area contributed by atoms with Crippen molar-refractivity contribution in [1.29, 1.82) is 0 Å². The summed E-state index contributed by atoms with van der Waals surface area (Å²) in [5.74, 6) is 0.610. The molecule has 0 bridgehead atoms. The molecule has 1 saturated heterocycles. The molecule has 3 heterocycles. The van der Waals surface area contributed by atoms with Crippen LogP contribution < -0.4 is 5.32 Å². The van der Waals surface area contributed by atoms with Gasteiger partial charge in [0.1, 0.15) is 5.01 Å². The first-order valence-electron chi connectivity index (χ1n) is 5.94. The minimum Gasteiger partial charge on any atom is -0.327 e. The van der Waals surface area contributed by atoms with E-state index in [4.69, 9.17) is 0 Å². The summed E-state index contributed by atoms with van der Waals surface area (Å²) in [5, 5.41) is 6.66. The van der Waals surface area contributed by atoms with Crippen molar-refractivity contribution in [2.75, 3.05) is 13.1 Å². The summed E-state index contributed by atoms with van der Waals surface area (Å²) in [7, 11) is 0. The van der Waals surface area contributed by atoms with Crippen LogP contribution in [0.1, 0.15) is 28.7 Å². The predicted octanol–water partition coefficient (Wildman–Crippen LogP) is 1.77. The van der Waals surface area contributed by atoms with E-state index in [1.807, 2.05) is 19.4 Å². The van der Waals surface area contributed by atoms with E-state index in [0.717, 1.165) is 30.3 Å². The first-order valence-corrected chi connectivity index (χ1v) is 6.82. The molecule has 2 aromatic heterocycles. The van der Waals surface area contributed by atoms with Crippen LogP contribution in [0.25, 0.3) is 0 Å². The Morgan fingerprint density at radius 3 is 3.24 bits per heavy atom. The minimum absolute atomic E-state index is 0.610. The molecule has 1 aliphatic heterocycles. The van der Waals surface area contributed by atoms with E-state index in [1.165, 1.54) is 12.1 Å². The van der Waals surface area contributed by atoms with Crippen LogP contribution in [-0.4, -0.2) is 27.6 Å². The molecule has 1 N–H and O–H groups in total. The summed E-state index contributed by atoms with van der Waals surface area (Å²) >= 11 is 1.72. The smallest absolute Gasteiger partial charge is 0.113 e. The van der Waals surface area contributed by atoms with Crippen molar-refractivity contribution in [3.63, 3.8) is 0 Å². The average Bonchev–Trinajstić information content (AvgIpc) is 3.00. The van der Waals surface area contributed by atoms with Gasteiger partial charge in [-0.2, -0.15) is 0 Å². The Labute approximate surface area is 105 Å². The lowest BCUT2D eigenvalue weighted by molar-refractivity contribution is 0.652. The standard InChI is InChI=1S/C12H16N4S/c1-9-7-17-12(15-9)6-16-8-14-5-11(16)10-2-3-13-4-10/h5,7-8,10,13H,2-4,6H2,1H3. The van der Waals surface area contributed by atoms with Gasteiger partial charge in [0.25, 0.3) is 0 Å². The Balaban J connectivity index is 1.81. The molecule has 3 rings (SSSR count). The first-order chi connectivity index (χ1) is 8.33. The van der Waals surface area contributed by atoms with Crippen LogP contribution in [-0.2, 0) is 6.54 Å². The number of hydrogen-bond acceptors (Lipinski definition) is 4. The molecular weight excluding hydrogens is 232 g/mol. The van der Waals surface area contributed by atoms with Gasteiger partial charge in [-0.15, -0.1) is 11.3 Å². The van der Waals surface area contributed by atoms with E-state index in [0.29, 0.717) is 5.92 Å². The Kier molecular flexibility index (Phi) is 2.94.